The van der Waals surface area contributed by atoms with Crippen molar-refractivity contribution in [1.82, 2.24) is 9.55 Å². The number of aromatic nitrogens is 2. The van der Waals surface area contributed by atoms with Gasteiger partial charge >= 0.3 is 5.97 Å². The maximum Gasteiger partial charge on any atom is 0.345 e. The highest BCUT2D eigenvalue weighted by atomic mass is 16.5. The molecule has 1 heterocycles. The number of carbonyl (C=O) groups excluding carboxylic acids is 1. The molecule has 0 N–H and O–H groups in total. The SMILES string of the molecule is CC.CC.CCOC(=O)c1cnc(C)n(C)c1=O. The van der Waals surface area contributed by atoms with Gasteiger partial charge in [0.15, 0.2) is 0 Å². The third-order valence-electron chi connectivity index (χ3n) is 1.90. The molecule has 0 fully saturated rings. The summed E-state index contributed by atoms with van der Waals surface area (Å²) in [7, 11) is 1.56. The van der Waals surface area contributed by atoms with Crippen molar-refractivity contribution in [3.63, 3.8) is 0 Å². The molecular formula is C13H24N2O3. The molecule has 0 aliphatic heterocycles. The quantitative estimate of drug-likeness (QED) is 0.762. The van der Waals surface area contributed by atoms with Crippen molar-refractivity contribution in [1.29, 1.82) is 0 Å². The highest BCUT2D eigenvalue weighted by Crippen LogP contribution is 1.94. The predicted octanol–water partition coefficient (Wildman–Crippen LogP) is 2.32. The molecule has 5 heteroatoms. The number of aryl methyl sites for hydroxylation is 1. The van der Waals surface area contributed by atoms with Crippen LogP contribution in [0.4, 0.5) is 0 Å². The van der Waals surface area contributed by atoms with Gasteiger partial charge in [-0.3, -0.25) is 9.36 Å². The Bertz CT molecular complexity index is 411. The number of ether oxygens (including phenoxy) is 1. The zero-order chi connectivity index (χ0) is 14.7. The molecule has 0 saturated carbocycles. The van der Waals surface area contributed by atoms with Crippen LogP contribution in [0.1, 0.15) is 50.8 Å². The highest BCUT2D eigenvalue weighted by Gasteiger charge is 2.13. The first kappa shape index (κ1) is 18.7. The molecule has 18 heavy (non-hydrogen) atoms. The third-order valence-corrected chi connectivity index (χ3v) is 1.90. The van der Waals surface area contributed by atoms with E-state index in [1.165, 1.54) is 10.8 Å². The van der Waals surface area contributed by atoms with Gasteiger partial charge in [0.25, 0.3) is 5.56 Å². The Morgan fingerprint density at radius 3 is 2.28 bits per heavy atom. The minimum absolute atomic E-state index is 0.0278. The summed E-state index contributed by atoms with van der Waals surface area (Å²) >= 11 is 0. The van der Waals surface area contributed by atoms with E-state index in [2.05, 4.69) is 4.98 Å². The van der Waals surface area contributed by atoms with Gasteiger partial charge in [0.2, 0.25) is 0 Å². The van der Waals surface area contributed by atoms with E-state index in [-0.39, 0.29) is 17.7 Å². The van der Waals surface area contributed by atoms with E-state index in [0.717, 1.165) is 0 Å². The molecule has 0 aliphatic rings. The van der Waals surface area contributed by atoms with E-state index in [1.807, 2.05) is 27.7 Å². The zero-order valence-corrected chi connectivity index (χ0v) is 12.4. The second-order valence-electron chi connectivity index (χ2n) is 2.80. The fourth-order valence-electron chi connectivity index (χ4n) is 0.976. The van der Waals surface area contributed by atoms with Crippen molar-refractivity contribution in [2.24, 2.45) is 7.05 Å². The number of hydrogen-bond acceptors (Lipinski definition) is 4. The van der Waals surface area contributed by atoms with Crippen molar-refractivity contribution in [3.05, 3.63) is 27.9 Å². The van der Waals surface area contributed by atoms with Gasteiger partial charge in [-0.05, 0) is 13.8 Å². The third kappa shape index (κ3) is 5.12. The summed E-state index contributed by atoms with van der Waals surface area (Å²) in [4.78, 5) is 26.7. The van der Waals surface area contributed by atoms with E-state index >= 15 is 0 Å². The van der Waals surface area contributed by atoms with Crippen LogP contribution in [0.2, 0.25) is 0 Å². The monoisotopic (exact) mass is 256 g/mol. The molecule has 1 aromatic rings. The Morgan fingerprint density at radius 1 is 1.33 bits per heavy atom. The number of carbonyl (C=O) groups is 1. The van der Waals surface area contributed by atoms with Crippen LogP contribution in [0.5, 0.6) is 0 Å². The lowest BCUT2D eigenvalue weighted by Crippen LogP contribution is -2.27. The van der Waals surface area contributed by atoms with Crippen LogP contribution in [-0.4, -0.2) is 22.1 Å². The van der Waals surface area contributed by atoms with Crippen LogP contribution in [0.25, 0.3) is 0 Å². The number of hydrogen-bond donors (Lipinski definition) is 0. The van der Waals surface area contributed by atoms with Crippen LogP contribution in [-0.2, 0) is 11.8 Å². The molecule has 5 nitrogen and oxygen atoms in total. The minimum Gasteiger partial charge on any atom is -0.462 e. The summed E-state index contributed by atoms with van der Waals surface area (Å²) < 4.78 is 6.02. The molecule has 0 bridgehead atoms. The molecule has 0 saturated heterocycles. The Hall–Kier alpha value is -1.65. The molecule has 0 unspecified atom stereocenters. The maximum absolute atomic E-state index is 11.5. The van der Waals surface area contributed by atoms with E-state index in [9.17, 15) is 9.59 Å². The lowest BCUT2D eigenvalue weighted by molar-refractivity contribution is 0.0523. The molecular weight excluding hydrogens is 232 g/mol. The first-order valence-electron chi connectivity index (χ1n) is 6.27. The van der Waals surface area contributed by atoms with Gasteiger partial charge in [-0.15, -0.1) is 0 Å². The second-order valence-corrected chi connectivity index (χ2v) is 2.80. The Kier molecular flexibility index (Phi) is 10.9. The van der Waals surface area contributed by atoms with Crippen LogP contribution in [0.15, 0.2) is 11.0 Å². The molecule has 0 aromatic carbocycles. The highest BCUT2D eigenvalue weighted by molar-refractivity contribution is 5.88. The average Bonchev–Trinajstić information content (AvgIpc) is 2.41. The number of esters is 1. The van der Waals surface area contributed by atoms with Gasteiger partial charge < -0.3 is 4.74 Å². The second kappa shape index (κ2) is 10.5. The fourth-order valence-corrected chi connectivity index (χ4v) is 0.976. The van der Waals surface area contributed by atoms with E-state index in [4.69, 9.17) is 4.74 Å². The standard InChI is InChI=1S/C9H12N2O3.2C2H6/c1-4-14-9(13)7-5-10-6(2)11(3)8(7)12;2*1-2/h5H,4H2,1-3H3;2*1-2H3. The molecule has 0 aliphatic carbocycles. The van der Waals surface area contributed by atoms with Crippen molar-refractivity contribution in [2.75, 3.05) is 6.61 Å². The normalized spacial score (nSPS) is 8.39. The van der Waals surface area contributed by atoms with Crippen molar-refractivity contribution >= 4 is 5.97 Å². The van der Waals surface area contributed by atoms with Crippen molar-refractivity contribution in [3.8, 4) is 0 Å². The van der Waals surface area contributed by atoms with Gasteiger partial charge in [-0.1, -0.05) is 27.7 Å². The van der Waals surface area contributed by atoms with Gasteiger partial charge in [0, 0.05) is 13.2 Å². The summed E-state index contributed by atoms with van der Waals surface area (Å²) in [6.07, 6.45) is 1.25. The molecule has 0 amide bonds. The van der Waals surface area contributed by atoms with Crippen LogP contribution < -0.4 is 5.56 Å². The van der Waals surface area contributed by atoms with E-state index in [0.29, 0.717) is 5.82 Å². The van der Waals surface area contributed by atoms with E-state index < -0.39 is 5.97 Å². The summed E-state index contributed by atoms with van der Waals surface area (Å²) in [5.41, 5.74) is -0.407. The van der Waals surface area contributed by atoms with E-state index in [1.54, 1.807) is 20.9 Å². The average molecular weight is 256 g/mol. The first-order chi connectivity index (χ1) is 8.57. The summed E-state index contributed by atoms with van der Waals surface area (Å²) in [6, 6.07) is 0. The molecule has 0 atom stereocenters. The molecule has 1 rings (SSSR count). The molecule has 0 spiro atoms. The molecule has 1 aromatic heterocycles. The van der Waals surface area contributed by atoms with Gasteiger partial charge in [-0.2, -0.15) is 0 Å². The van der Waals surface area contributed by atoms with Crippen molar-refractivity contribution in [2.45, 2.75) is 41.5 Å². The van der Waals surface area contributed by atoms with Crippen LogP contribution >= 0.6 is 0 Å². The number of rotatable bonds is 2. The topological polar surface area (TPSA) is 61.2 Å². The molecule has 0 radical (unpaired) electrons. The zero-order valence-electron chi connectivity index (χ0n) is 12.4. The number of nitrogens with zero attached hydrogens (tertiary/aromatic N) is 2. The predicted molar refractivity (Wildman–Crippen MR) is 72.9 cm³/mol. The lowest BCUT2D eigenvalue weighted by atomic mass is 10.3. The smallest absolute Gasteiger partial charge is 0.345 e. The van der Waals surface area contributed by atoms with Gasteiger partial charge in [0.05, 0.1) is 6.61 Å². The van der Waals surface area contributed by atoms with Crippen LogP contribution in [0.3, 0.4) is 0 Å². The van der Waals surface area contributed by atoms with Crippen LogP contribution in [0, 0.1) is 6.92 Å². The Balaban J connectivity index is 0. The largest absolute Gasteiger partial charge is 0.462 e. The minimum atomic E-state index is -0.624. The molecule has 104 valence electrons. The fraction of sp³-hybridized carbons (Fsp3) is 0.615. The Morgan fingerprint density at radius 2 is 1.83 bits per heavy atom. The summed E-state index contributed by atoms with van der Waals surface area (Å²) in [5, 5.41) is 0. The lowest BCUT2D eigenvalue weighted by Gasteiger charge is -2.04. The van der Waals surface area contributed by atoms with Crippen molar-refractivity contribution < 1.29 is 9.53 Å². The van der Waals surface area contributed by atoms with Gasteiger partial charge in [0.1, 0.15) is 11.4 Å². The Labute approximate surface area is 109 Å². The van der Waals surface area contributed by atoms with Gasteiger partial charge in [-0.25, -0.2) is 9.78 Å². The summed E-state index contributed by atoms with van der Waals surface area (Å²) in [5.74, 6) is -0.0661. The first-order valence-corrected chi connectivity index (χ1v) is 6.27. The maximum atomic E-state index is 11.5. The summed E-state index contributed by atoms with van der Waals surface area (Å²) in [6.45, 7) is 11.6.